The number of likely N-dealkylation sites (N-methyl/N-ethyl adjacent to an activating group) is 1. The number of hydrogen-bond acceptors (Lipinski definition) is 10. The van der Waals surface area contributed by atoms with Gasteiger partial charge in [-0.05, 0) is 69.3 Å². The Bertz CT molecular complexity index is 1450. The van der Waals surface area contributed by atoms with Crippen LogP contribution in [0.15, 0.2) is 34.5 Å². The van der Waals surface area contributed by atoms with Gasteiger partial charge in [-0.25, -0.2) is 18.1 Å². The molecular formula is C32H50N6O6S2. The molecular weight excluding hydrogens is 629 g/mol. The van der Waals surface area contributed by atoms with E-state index in [1.54, 1.807) is 11.9 Å². The third-order valence-corrected chi connectivity index (χ3v) is 11.1. The molecule has 3 amide bonds. The molecule has 0 unspecified atom stereocenters. The Balaban J connectivity index is 1.72. The first-order valence-electron chi connectivity index (χ1n) is 16.0. The predicted octanol–water partition coefficient (Wildman–Crippen LogP) is 3.54. The van der Waals surface area contributed by atoms with Gasteiger partial charge in [0.25, 0.3) is 15.9 Å². The number of hydrogen-bond donors (Lipinski definition) is 4. The number of anilines is 1. The minimum absolute atomic E-state index is 0.0561. The predicted molar refractivity (Wildman–Crippen MR) is 179 cm³/mol. The van der Waals surface area contributed by atoms with E-state index >= 15 is 0 Å². The first kappa shape index (κ1) is 37.4. The largest absolute Gasteiger partial charge is 0.399 e. The molecule has 1 aromatic heterocycles. The van der Waals surface area contributed by atoms with Crippen molar-refractivity contribution < 1.29 is 27.9 Å². The van der Waals surface area contributed by atoms with Crippen LogP contribution in [-0.4, -0.2) is 83.8 Å². The lowest BCUT2D eigenvalue weighted by atomic mass is 9.92. The highest BCUT2D eigenvalue weighted by Crippen LogP contribution is 2.28. The van der Waals surface area contributed by atoms with E-state index in [-0.39, 0.29) is 57.8 Å². The fourth-order valence-electron chi connectivity index (χ4n) is 5.80. The van der Waals surface area contributed by atoms with Crippen LogP contribution in [0.25, 0.3) is 0 Å². The normalized spacial score (nSPS) is 18.5. The topological polar surface area (TPSA) is 175 Å². The number of piperidine rings is 1. The Labute approximate surface area is 277 Å². The number of aliphatic hydroxyl groups excluding tert-OH is 1. The molecule has 1 aliphatic rings. The van der Waals surface area contributed by atoms with Gasteiger partial charge in [0, 0.05) is 36.6 Å². The first-order valence-corrected chi connectivity index (χ1v) is 18.3. The number of nitrogens with zero attached hydrogens (tertiary/aromatic N) is 3. The van der Waals surface area contributed by atoms with Crippen LogP contribution in [-0.2, 0) is 19.6 Å². The average molecular weight is 679 g/mol. The van der Waals surface area contributed by atoms with Gasteiger partial charge in [0.2, 0.25) is 11.8 Å². The summed E-state index contributed by atoms with van der Waals surface area (Å²) in [7, 11) is -2.47. The van der Waals surface area contributed by atoms with E-state index in [1.165, 1.54) is 29.6 Å². The highest BCUT2D eigenvalue weighted by Gasteiger charge is 2.37. The maximum Gasteiger partial charge on any atom is 0.284 e. The molecule has 0 saturated carbocycles. The van der Waals surface area contributed by atoms with Crippen LogP contribution in [0.4, 0.5) is 5.69 Å². The molecule has 2 aromatic rings. The zero-order valence-corrected chi connectivity index (χ0v) is 29.5. The third kappa shape index (κ3) is 9.26. The number of nitrogens with two attached hydrogens (primary N) is 1. The van der Waals surface area contributed by atoms with Crippen LogP contribution in [0.2, 0.25) is 0 Å². The number of nitrogen functional groups attached to an aromatic ring is 1. The summed E-state index contributed by atoms with van der Waals surface area (Å²) >= 11 is 1.03. The average Bonchev–Trinajstić information content (AvgIpc) is 3.52. The molecule has 5 N–H and O–H groups in total. The summed E-state index contributed by atoms with van der Waals surface area (Å²) in [6.07, 6.45) is 2.46. The van der Waals surface area contributed by atoms with Gasteiger partial charge in [0.15, 0.2) is 0 Å². The van der Waals surface area contributed by atoms with Gasteiger partial charge in [0.05, 0.1) is 10.9 Å². The summed E-state index contributed by atoms with van der Waals surface area (Å²) in [4.78, 5) is 48.2. The monoisotopic (exact) mass is 678 g/mol. The molecule has 5 atom stereocenters. The van der Waals surface area contributed by atoms with Crippen LogP contribution >= 0.6 is 11.3 Å². The van der Waals surface area contributed by atoms with Crippen LogP contribution in [0, 0.1) is 11.8 Å². The molecule has 1 aliphatic heterocycles. The van der Waals surface area contributed by atoms with E-state index in [4.69, 9.17) is 5.73 Å². The number of carbonyl (C=O) groups is 3. The van der Waals surface area contributed by atoms with Crippen molar-refractivity contribution in [2.24, 2.45) is 11.8 Å². The lowest BCUT2D eigenvalue weighted by molar-refractivity contribution is -0.141. The van der Waals surface area contributed by atoms with Gasteiger partial charge in [-0.2, -0.15) is 0 Å². The maximum absolute atomic E-state index is 14.0. The van der Waals surface area contributed by atoms with Gasteiger partial charge < -0.3 is 21.1 Å². The number of rotatable bonds is 14. The lowest BCUT2D eigenvalue weighted by Gasteiger charge is -2.40. The van der Waals surface area contributed by atoms with E-state index in [0.717, 1.165) is 37.1 Å². The minimum Gasteiger partial charge on any atom is -0.399 e. The SMILES string of the molecule is CC[C@H](C)[C@H](NC(=O)[C@H]1CCCCN1C(C)C)C(=O)N(C)[C@H](C[C@@H](O)c1nc(C(=O)NS(=O)(=O)c2ccc(N)cc2)cs1)C(C)C. The van der Waals surface area contributed by atoms with Crippen molar-refractivity contribution in [3.8, 4) is 0 Å². The molecule has 12 nitrogen and oxygen atoms in total. The standard InChI is InChI=1S/C32H50N6O6S2/c1-8-21(6)28(35-30(41)25-11-9-10-16-38(25)20(4)5)32(42)37(7)26(19(2)3)17-27(39)31-34-24(18-45-31)29(40)36-46(43,44)23-14-12-22(33)13-15-23/h12-15,18-21,25-28,39H,8-11,16-17,33H2,1-7H3,(H,35,41)(H,36,40)/t21-,25+,26+,27+,28-/m0/s1. The summed E-state index contributed by atoms with van der Waals surface area (Å²) in [6.45, 7) is 12.8. The van der Waals surface area contributed by atoms with E-state index in [1.807, 2.05) is 32.4 Å². The Kier molecular flexibility index (Phi) is 13.1. The molecule has 1 saturated heterocycles. The summed E-state index contributed by atoms with van der Waals surface area (Å²) in [5.74, 6) is -1.46. The maximum atomic E-state index is 14.0. The first-order chi connectivity index (χ1) is 21.6. The van der Waals surface area contributed by atoms with Gasteiger partial charge in [0.1, 0.15) is 22.8 Å². The molecule has 256 valence electrons. The number of thiazole rings is 1. The van der Waals surface area contributed by atoms with E-state index in [9.17, 15) is 27.9 Å². The molecule has 3 rings (SSSR count). The zero-order valence-electron chi connectivity index (χ0n) is 27.9. The van der Waals surface area contributed by atoms with Crippen LogP contribution in [0.1, 0.15) is 95.2 Å². The Morgan fingerprint density at radius 1 is 1.13 bits per heavy atom. The zero-order chi connectivity index (χ0) is 34.3. The number of benzene rings is 1. The summed E-state index contributed by atoms with van der Waals surface area (Å²) in [5.41, 5.74) is 5.85. The second-order valence-electron chi connectivity index (χ2n) is 12.8. The highest BCUT2D eigenvalue weighted by atomic mass is 32.2. The van der Waals surface area contributed by atoms with Gasteiger partial charge in [-0.1, -0.05) is 40.5 Å². The van der Waals surface area contributed by atoms with Gasteiger partial charge in [-0.3, -0.25) is 19.3 Å². The van der Waals surface area contributed by atoms with Crippen LogP contribution in [0.5, 0.6) is 0 Å². The molecule has 0 bridgehead atoms. The third-order valence-electron chi connectivity index (χ3n) is 8.82. The van der Waals surface area contributed by atoms with Gasteiger partial charge in [-0.15, -0.1) is 11.3 Å². The molecule has 0 spiro atoms. The number of aromatic nitrogens is 1. The number of aliphatic hydroxyl groups is 1. The van der Waals surface area contributed by atoms with Crippen molar-refractivity contribution in [2.75, 3.05) is 19.3 Å². The molecule has 2 heterocycles. The quantitative estimate of drug-likeness (QED) is 0.218. The number of carbonyl (C=O) groups excluding carboxylic acids is 3. The smallest absolute Gasteiger partial charge is 0.284 e. The van der Waals surface area contributed by atoms with Crippen molar-refractivity contribution in [1.82, 2.24) is 24.8 Å². The Morgan fingerprint density at radius 3 is 2.37 bits per heavy atom. The number of nitrogens with one attached hydrogen (secondary N) is 2. The molecule has 14 heteroatoms. The molecule has 1 aromatic carbocycles. The van der Waals surface area contributed by atoms with Crippen molar-refractivity contribution in [2.45, 2.75) is 109 Å². The van der Waals surface area contributed by atoms with Crippen LogP contribution < -0.4 is 15.8 Å². The minimum atomic E-state index is -4.16. The van der Waals surface area contributed by atoms with E-state index in [2.05, 4.69) is 29.0 Å². The molecule has 0 aliphatic carbocycles. The van der Waals surface area contributed by atoms with Crippen molar-refractivity contribution >= 4 is 44.8 Å². The lowest BCUT2D eigenvalue weighted by Crippen LogP contribution is -2.59. The van der Waals surface area contributed by atoms with Crippen molar-refractivity contribution in [1.29, 1.82) is 0 Å². The Hall–Kier alpha value is -3.07. The molecule has 1 fully saturated rings. The second kappa shape index (κ2) is 16.2. The fraction of sp³-hybridized carbons (Fsp3) is 0.625. The van der Waals surface area contributed by atoms with E-state index in [0.29, 0.717) is 12.1 Å². The highest BCUT2D eigenvalue weighted by molar-refractivity contribution is 7.90. The number of amides is 3. The summed E-state index contributed by atoms with van der Waals surface area (Å²) in [5, 5.41) is 15.9. The molecule has 46 heavy (non-hydrogen) atoms. The number of sulfonamides is 1. The van der Waals surface area contributed by atoms with Crippen molar-refractivity contribution in [3.05, 3.63) is 40.3 Å². The van der Waals surface area contributed by atoms with Crippen LogP contribution in [0.3, 0.4) is 0 Å². The van der Waals surface area contributed by atoms with E-state index < -0.39 is 34.1 Å². The fourth-order valence-corrected chi connectivity index (χ4v) is 7.56. The number of likely N-dealkylation sites (tertiary alicyclic amines) is 1. The molecule has 0 radical (unpaired) electrons. The second-order valence-corrected chi connectivity index (χ2v) is 15.4. The summed E-state index contributed by atoms with van der Waals surface area (Å²) < 4.78 is 27.3. The van der Waals surface area contributed by atoms with Gasteiger partial charge >= 0.3 is 0 Å². The van der Waals surface area contributed by atoms with Crippen molar-refractivity contribution in [3.63, 3.8) is 0 Å². The summed E-state index contributed by atoms with van der Waals surface area (Å²) in [6, 6.07) is 4.21. The Morgan fingerprint density at radius 2 is 1.78 bits per heavy atom.